The van der Waals surface area contributed by atoms with Gasteiger partial charge in [-0.1, -0.05) is 115 Å². The second-order valence-corrected chi connectivity index (χ2v) is 13.0. The van der Waals surface area contributed by atoms with E-state index in [4.69, 9.17) is 21.1 Å². The first kappa shape index (κ1) is 37.3. The Morgan fingerprint density at radius 2 is 1.29 bits per heavy atom. The Hall–Kier alpha value is -1.77. The van der Waals surface area contributed by atoms with Crippen molar-refractivity contribution in [1.82, 2.24) is 4.31 Å². The topological polar surface area (TPSA) is 84.9 Å². The largest absolute Gasteiger partial charge is 0.479 e. The minimum atomic E-state index is -3.70. The summed E-state index contributed by atoms with van der Waals surface area (Å²) in [6, 6.07) is 4.47. The maximum absolute atomic E-state index is 13.2. The van der Waals surface area contributed by atoms with Crippen molar-refractivity contribution in [2.45, 2.75) is 128 Å². The Balaban J connectivity index is 2.37. The van der Waals surface area contributed by atoms with Crippen molar-refractivity contribution in [3.8, 4) is 0 Å². The van der Waals surface area contributed by atoms with Crippen LogP contribution < -0.4 is 5.32 Å². The molecule has 1 aromatic carbocycles. The van der Waals surface area contributed by atoms with Crippen LogP contribution in [0.2, 0.25) is 5.02 Å². The predicted octanol–water partition coefficient (Wildman–Crippen LogP) is 9.07. The van der Waals surface area contributed by atoms with E-state index in [9.17, 15) is 13.2 Å². The number of carbonyl (C=O) groups excluding carboxylic acids is 1. The molecule has 0 aromatic heterocycles. The number of hydrogen-bond acceptors (Lipinski definition) is 6. The molecule has 41 heavy (non-hydrogen) atoms. The summed E-state index contributed by atoms with van der Waals surface area (Å²) in [5, 5.41) is 3.22. The number of carbonyl (C=O) groups is 1. The number of ether oxygens (including phenoxy) is 2. The Labute approximate surface area is 255 Å². The maximum Gasteiger partial charge on any atom is 0.336 e. The van der Waals surface area contributed by atoms with Gasteiger partial charge < -0.3 is 14.8 Å². The van der Waals surface area contributed by atoms with Gasteiger partial charge in [0.2, 0.25) is 10.0 Å². The molecule has 1 rings (SSSR count). The molecule has 7 nitrogen and oxygen atoms in total. The van der Waals surface area contributed by atoms with Gasteiger partial charge in [0, 0.05) is 13.6 Å². The molecule has 0 spiro atoms. The van der Waals surface area contributed by atoms with Gasteiger partial charge in [-0.25, -0.2) is 17.5 Å². The van der Waals surface area contributed by atoms with Crippen LogP contribution in [0.3, 0.4) is 0 Å². The molecular formula is C32H55ClN2O5S. The molecular weight excluding hydrogens is 560 g/mol. The SMILES string of the molecule is CCCCCCCCCCCCCCCCCCN(C)S(=O)(=O)c1ccc(Cl)c(NC(=CC(=O)OCC)OCC)c1. The molecule has 0 heterocycles. The van der Waals surface area contributed by atoms with Crippen LogP contribution in [0, 0.1) is 0 Å². The lowest BCUT2D eigenvalue weighted by Crippen LogP contribution is -2.28. The summed E-state index contributed by atoms with van der Waals surface area (Å²) < 4.78 is 38.2. The highest BCUT2D eigenvalue weighted by Gasteiger charge is 2.22. The summed E-state index contributed by atoms with van der Waals surface area (Å²) in [4.78, 5) is 12.0. The zero-order valence-electron chi connectivity index (χ0n) is 26.0. The first-order valence-electron chi connectivity index (χ1n) is 15.8. The van der Waals surface area contributed by atoms with Crippen molar-refractivity contribution in [1.29, 1.82) is 0 Å². The lowest BCUT2D eigenvalue weighted by molar-refractivity contribution is -0.137. The van der Waals surface area contributed by atoms with Gasteiger partial charge in [0.25, 0.3) is 0 Å². The molecule has 0 aliphatic carbocycles. The maximum atomic E-state index is 13.2. The van der Waals surface area contributed by atoms with Gasteiger partial charge in [0.1, 0.15) is 0 Å². The predicted molar refractivity (Wildman–Crippen MR) is 171 cm³/mol. The van der Waals surface area contributed by atoms with Crippen LogP contribution >= 0.6 is 11.6 Å². The lowest BCUT2D eigenvalue weighted by Gasteiger charge is -2.19. The fourth-order valence-electron chi connectivity index (χ4n) is 4.64. The molecule has 0 bridgehead atoms. The Morgan fingerprint density at radius 3 is 1.78 bits per heavy atom. The highest BCUT2D eigenvalue weighted by molar-refractivity contribution is 7.89. The minimum absolute atomic E-state index is 0.121. The first-order valence-corrected chi connectivity index (χ1v) is 17.6. The van der Waals surface area contributed by atoms with Gasteiger partial charge in [-0.2, -0.15) is 0 Å². The molecule has 9 heteroatoms. The number of unbranched alkanes of at least 4 members (excludes halogenated alkanes) is 15. The van der Waals surface area contributed by atoms with E-state index >= 15 is 0 Å². The molecule has 0 saturated heterocycles. The van der Waals surface area contributed by atoms with Crippen molar-refractivity contribution in [3.63, 3.8) is 0 Å². The monoisotopic (exact) mass is 614 g/mol. The van der Waals surface area contributed by atoms with E-state index in [2.05, 4.69) is 12.2 Å². The van der Waals surface area contributed by atoms with Crippen LogP contribution in [-0.4, -0.2) is 45.5 Å². The van der Waals surface area contributed by atoms with Crippen LogP contribution in [0.1, 0.15) is 124 Å². The van der Waals surface area contributed by atoms with E-state index < -0.39 is 16.0 Å². The molecule has 1 aromatic rings. The van der Waals surface area contributed by atoms with Gasteiger partial charge in [0.15, 0.2) is 5.88 Å². The molecule has 0 radical (unpaired) electrons. The van der Waals surface area contributed by atoms with Crippen LogP contribution in [0.4, 0.5) is 5.69 Å². The van der Waals surface area contributed by atoms with Crippen molar-refractivity contribution >= 4 is 33.3 Å². The summed E-state index contributed by atoms with van der Waals surface area (Å²) in [7, 11) is -2.09. The molecule has 0 saturated carbocycles. The minimum Gasteiger partial charge on any atom is -0.479 e. The summed E-state index contributed by atoms with van der Waals surface area (Å²) in [6.45, 7) is 6.74. The Bertz CT molecular complexity index is 984. The molecule has 1 N–H and O–H groups in total. The molecule has 236 valence electrons. The quantitative estimate of drug-likeness (QED) is 0.0512. The molecule has 0 aliphatic heterocycles. The molecule has 0 fully saturated rings. The average molecular weight is 615 g/mol. The van der Waals surface area contributed by atoms with Gasteiger partial charge in [0.05, 0.1) is 34.9 Å². The van der Waals surface area contributed by atoms with E-state index in [1.165, 1.54) is 112 Å². The molecule has 0 atom stereocenters. The zero-order chi connectivity index (χ0) is 30.3. The number of nitrogens with zero attached hydrogens (tertiary/aromatic N) is 1. The van der Waals surface area contributed by atoms with Crippen molar-refractivity contribution in [2.75, 3.05) is 32.1 Å². The highest BCUT2D eigenvalue weighted by atomic mass is 35.5. The number of hydrogen-bond donors (Lipinski definition) is 1. The molecule has 0 unspecified atom stereocenters. The standard InChI is InChI=1S/C32H55ClN2O5S/c1-5-8-9-10-11-12-13-14-15-16-17-18-19-20-21-22-25-35(4)41(37,38)28-23-24-29(33)30(26-28)34-31(39-6-2)27-32(36)40-7-3/h23-24,26-27,34H,5-22,25H2,1-4H3. The van der Waals surface area contributed by atoms with Crippen molar-refractivity contribution in [2.24, 2.45) is 0 Å². The van der Waals surface area contributed by atoms with Crippen LogP contribution in [0.25, 0.3) is 0 Å². The van der Waals surface area contributed by atoms with Crippen LogP contribution in [0.5, 0.6) is 0 Å². The second-order valence-electron chi connectivity index (χ2n) is 10.6. The van der Waals surface area contributed by atoms with E-state index in [-0.39, 0.29) is 17.4 Å². The second kappa shape index (κ2) is 22.8. The van der Waals surface area contributed by atoms with Crippen LogP contribution in [-0.2, 0) is 24.3 Å². The zero-order valence-corrected chi connectivity index (χ0v) is 27.6. The number of anilines is 1. The smallest absolute Gasteiger partial charge is 0.336 e. The van der Waals surface area contributed by atoms with Gasteiger partial charge in [-0.15, -0.1) is 0 Å². The van der Waals surface area contributed by atoms with E-state index in [1.807, 2.05) is 0 Å². The lowest BCUT2D eigenvalue weighted by atomic mass is 10.0. The summed E-state index contributed by atoms with van der Waals surface area (Å²) in [6.07, 6.45) is 21.7. The van der Waals surface area contributed by atoms with Crippen LogP contribution in [0.15, 0.2) is 35.1 Å². The highest BCUT2D eigenvalue weighted by Crippen LogP contribution is 2.28. The summed E-state index contributed by atoms with van der Waals surface area (Å²) in [5.74, 6) is -0.439. The average Bonchev–Trinajstić information content (AvgIpc) is 2.94. The fraction of sp³-hybridized carbons (Fsp3) is 0.719. The summed E-state index contributed by atoms with van der Waals surface area (Å²) >= 11 is 6.31. The number of nitrogens with one attached hydrogen (secondary N) is 1. The first-order chi connectivity index (χ1) is 19.8. The number of sulfonamides is 1. The molecule has 0 amide bonds. The summed E-state index contributed by atoms with van der Waals surface area (Å²) in [5.41, 5.74) is 0.326. The Kier molecular flexibility index (Phi) is 20.7. The number of benzene rings is 1. The van der Waals surface area contributed by atoms with E-state index in [1.54, 1.807) is 20.9 Å². The van der Waals surface area contributed by atoms with Gasteiger partial charge in [-0.3, -0.25) is 0 Å². The number of esters is 1. The number of halogens is 1. The van der Waals surface area contributed by atoms with Crippen molar-refractivity contribution < 1.29 is 22.7 Å². The van der Waals surface area contributed by atoms with Gasteiger partial charge >= 0.3 is 5.97 Å². The third kappa shape index (κ3) is 16.5. The van der Waals surface area contributed by atoms with Crippen molar-refractivity contribution in [3.05, 3.63) is 35.2 Å². The third-order valence-corrected chi connectivity index (χ3v) is 9.25. The Morgan fingerprint density at radius 1 is 0.805 bits per heavy atom. The van der Waals surface area contributed by atoms with E-state index in [0.29, 0.717) is 23.9 Å². The molecule has 0 aliphatic rings. The third-order valence-electron chi connectivity index (χ3n) is 7.07. The van der Waals surface area contributed by atoms with E-state index in [0.717, 1.165) is 19.3 Å². The normalized spacial score (nSPS) is 12.1. The fourth-order valence-corrected chi connectivity index (χ4v) is 6.04. The van der Waals surface area contributed by atoms with Gasteiger partial charge in [-0.05, 0) is 38.5 Å². The number of rotatable bonds is 25.